The Morgan fingerprint density at radius 3 is 1.80 bits per heavy atom. The molecule has 14 atom stereocenters. The average Bonchev–Trinajstić information content (AvgIpc) is 2.98. The van der Waals surface area contributed by atoms with Crippen molar-refractivity contribution in [3.8, 4) is 0 Å². The van der Waals surface area contributed by atoms with Crippen LogP contribution in [0.4, 0.5) is 0 Å². The lowest BCUT2D eigenvalue weighted by atomic mass is 10.1. The summed E-state index contributed by atoms with van der Waals surface area (Å²) in [5, 5.41) is 1.04. The summed E-state index contributed by atoms with van der Waals surface area (Å²) in [6.45, 7) is 7.51. The van der Waals surface area contributed by atoms with Gasteiger partial charge in [0, 0.05) is 5.38 Å². The van der Waals surface area contributed by atoms with Crippen molar-refractivity contribution >= 4 is 81.7 Å². The zero-order valence-electron chi connectivity index (χ0n) is 15.0. The molecule has 134 valence electrons. The Morgan fingerprint density at radius 2 is 1.36 bits per heavy atom. The van der Waals surface area contributed by atoms with Gasteiger partial charge in [-0.1, -0.05) is 20.8 Å². The molecule has 2 radical (unpaired) electrons. The summed E-state index contributed by atoms with van der Waals surface area (Å²) in [6, 6.07) is 0. The van der Waals surface area contributed by atoms with Gasteiger partial charge in [0.05, 0.1) is 0 Å². The third kappa shape index (κ3) is 2.28. The van der Waals surface area contributed by atoms with Gasteiger partial charge in [-0.05, 0) is 82.3 Å². The lowest BCUT2D eigenvalue weighted by molar-refractivity contribution is 0.588. The van der Waals surface area contributed by atoms with Crippen LogP contribution in [0.25, 0.3) is 0 Å². The molecule has 0 spiro atoms. The van der Waals surface area contributed by atoms with Gasteiger partial charge in [0.1, 0.15) is 0 Å². The third-order valence-corrected chi connectivity index (χ3v) is 19.5. The van der Waals surface area contributed by atoms with Crippen molar-refractivity contribution < 1.29 is 0 Å². The molecule has 0 aromatic heterocycles. The number of alkyl halides is 1. The zero-order chi connectivity index (χ0) is 17.4. The predicted octanol–water partition coefficient (Wildman–Crippen LogP) is 6.19. The van der Waals surface area contributed by atoms with Crippen LogP contribution >= 0.6 is 71.9 Å². The molecule has 0 aromatic carbocycles. The number of hydrogen-bond donors (Lipinski definition) is 0. The fraction of sp³-hybridized carbons (Fsp3) is 1.00. The fourth-order valence-corrected chi connectivity index (χ4v) is 21.6. The van der Waals surface area contributed by atoms with E-state index < -0.39 is 0 Å². The molecular weight excluding hydrogens is 589 g/mol. The highest BCUT2D eigenvalue weighted by molar-refractivity contribution is 14.1. The van der Waals surface area contributed by atoms with Gasteiger partial charge in [-0.25, -0.2) is 0 Å². The Balaban J connectivity index is 1.29. The maximum Gasteiger partial charge on any atom is 0.234 e. The van der Waals surface area contributed by atoms with Crippen molar-refractivity contribution in [3.63, 3.8) is 0 Å². The van der Waals surface area contributed by atoms with Crippen molar-refractivity contribution in [2.45, 2.75) is 61.1 Å². The van der Waals surface area contributed by atoms with Crippen LogP contribution in [0.15, 0.2) is 0 Å². The van der Waals surface area contributed by atoms with Crippen molar-refractivity contribution in [1.29, 1.82) is 0 Å². The van der Waals surface area contributed by atoms with E-state index in [4.69, 9.17) is 11.6 Å². The first-order chi connectivity index (χ1) is 11.9. The normalized spacial score (nSPS) is 61.4. The molecule has 8 fully saturated rings. The highest BCUT2D eigenvalue weighted by atomic mass is 127. The van der Waals surface area contributed by atoms with Gasteiger partial charge in [0.2, 0.25) is 9.71 Å². The maximum atomic E-state index is 6.85. The summed E-state index contributed by atoms with van der Waals surface area (Å²) in [7, 11) is 0.156. The molecule has 8 aliphatic rings. The van der Waals surface area contributed by atoms with Gasteiger partial charge in [-0.15, -0.1) is 27.2 Å². The van der Waals surface area contributed by atoms with E-state index in [1.165, 1.54) is 6.42 Å². The Bertz CT molecular complexity index is 618. The van der Waals surface area contributed by atoms with Crippen LogP contribution in [0.2, 0.25) is 0 Å². The summed E-state index contributed by atoms with van der Waals surface area (Å²) >= 11 is 12.1. The van der Waals surface area contributed by atoms with Crippen molar-refractivity contribution in [1.82, 2.24) is 0 Å². The molecule has 14 unspecified atom stereocenters. The van der Waals surface area contributed by atoms with Crippen molar-refractivity contribution in [2.75, 3.05) is 0 Å². The van der Waals surface area contributed by atoms with Crippen LogP contribution in [0.5, 0.6) is 0 Å². The molecule has 25 heavy (non-hydrogen) atoms. The lowest BCUT2D eigenvalue weighted by Gasteiger charge is -2.40. The van der Waals surface area contributed by atoms with E-state index in [0.717, 1.165) is 64.3 Å². The molecule has 8 aliphatic carbocycles. The Kier molecular flexibility index (Phi) is 4.38. The van der Waals surface area contributed by atoms with Crippen LogP contribution in [0, 0.1) is 47.3 Å². The molecule has 0 amide bonds. The zero-order valence-corrected chi connectivity index (χ0v) is 21.9. The SMILES string of the molecule is CC(C)(C)P([B]I)C1C2CC3C(C31)C2P([B]I)C1C2CC3C(C2Cl)C31. The second kappa shape index (κ2) is 5.91. The van der Waals surface area contributed by atoms with Gasteiger partial charge in [-0.3, -0.25) is 0 Å². The van der Waals surface area contributed by atoms with E-state index in [2.05, 4.69) is 75.2 Å². The molecule has 0 N–H and O–H groups in total. The van der Waals surface area contributed by atoms with Crippen LogP contribution in [-0.2, 0) is 0 Å². The van der Waals surface area contributed by atoms with Gasteiger partial charge < -0.3 is 0 Å². The lowest BCUT2D eigenvalue weighted by Crippen LogP contribution is -2.30. The van der Waals surface area contributed by atoms with E-state index in [1.54, 1.807) is 6.42 Å². The summed E-state index contributed by atoms with van der Waals surface area (Å²) in [4.78, 5) is 5.31. The van der Waals surface area contributed by atoms with E-state index in [0.29, 0.717) is 10.5 Å². The topological polar surface area (TPSA) is 0 Å². The minimum atomic E-state index is 0.0549. The van der Waals surface area contributed by atoms with Crippen molar-refractivity contribution in [2.24, 2.45) is 47.3 Å². The van der Waals surface area contributed by atoms with Crippen molar-refractivity contribution in [3.05, 3.63) is 0 Å². The van der Waals surface area contributed by atoms with Crippen LogP contribution < -0.4 is 0 Å². The van der Waals surface area contributed by atoms with Gasteiger partial charge >= 0.3 is 0 Å². The van der Waals surface area contributed by atoms with Crippen LogP contribution in [0.3, 0.4) is 0 Å². The maximum absolute atomic E-state index is 6.85. The molecule has 0 aliphatic heterocycles. The van der Waals surface area contributed by atoms with E-state index in [9.17, 15) is 0 Å². The second-order valence-corrected chi connectivity index (χ2v) is 19.6. The fourth-order valence-electron chi connectivity index (χ4n) is 8.30. The first kappa shape index (κ1) is 18.5. The molecule has 8 bridgehead atoms. The van der Waals surface area contributed by atoms with Crippen LogP contribution in [-0.4, -0.2) is 37.2 Å². The third-order valence-electron chi connectivity index (χ3n) is 8.95. The molecule has 0 nitrogen and oxygen atoms in total. The summed E-state index contributed by atoms with van der Waals surface area (Å²) in [5.41, 5.74) is 3.18. The molecule has 8 saturated carbocycles. The number of hydrogen-bond acceptors (Lipinski definition) is 0. The smallest absolute Gasteiger partial charge is 0.151 e. The largest absolute Gasteiger partial charge is 0.234 e. The monoisotopic (exact) mass is 614 g/mol. The average molecular weight is 614 g/mol. The van der Waals surface area contributed by atoms with Gasteiger partial charge in [0.25, 0.3) is 0 Å². The first-order valence-electron chi connectivity index (χ1n) is 9.97. The summed E-state index contributed by atoms with van der Waals surface area (Å²) < 4.78 is 0. The molecule has 7 heteroatoms. The molecule has 0 aromatic rings. The second-order valence-electron chi connectivity index (χ2n) is 10.6. The van der Waals surface area contributed by atoms with E-state index in [-0.39, 0.29) is 15.6 Å². The standard InChI is InChI=1S/C18H25B2ClI2P2/c1-18(2,3)25(20-23)17-9-5-7-12(13(7)17)16(9)24(19-22)15-8-4-6-10(11(6)15)14(8)21/h6-17H,4-5H2,1-3H3. The first-order valence-corrected chi connectivity index (χ1v) is 15.9. The van der Waals surface area contributed by atoms with Crippen LogP contribution in [0.1, 0.15) is 33.6 Å². The molecule has 8 rings (SSSR count). The molecule has 0 heterocycles. The molecule has 0 saturated heterocycles. The quantitative estimate of drug-likeness (QED) is 0.150. The van der Waals surface area contributed by atoms with Gasteiger partial charge in [0.15, 0.2) is 0 Å². The highest BCUT2D eigenvalue weighted by Gasteiger charge is 2.79. The Morgan fingerprint density at radius 1 is 0.800 bits per heavy atom. The highest BCUT2D eigenvalue weighted by Crippen LogP contribution is 2.87. The Hall–Kier alpha value is 2.74. The van der Waals surface area contributed by atoms with Gasteiger partial charge in [-0.2, -0.15) is 44.7 Å². The Labute approximate surface area is 188 Å². The van der Waals surface area contributed by atoms with E-state index >= 15 is 0 Å². The predicted molar refractivity (Wildman–Crippen MR) is 131 cm³/mol. The summed E-state index contributed by atoms with van der Waals surface area (Å²) in [6.07, 6.45) is 3.08. The summed E-state index contributed by atoms with van der Waals surface area (Å²) in [5.74, 6) is 8.38. The molecular formula is C18H25B2ClI2P2. The minimum Gasteiger partial charge on any atom is -0.151 e. The number of rotatable bonds is 5. The minimum absolute atomic E-state index is 0.0549. The number of halogens is 3. The van der Waals surface area contributed by atoms with E-state index in [1.807, 2.05) is 0 Å².